The van der Waals surface area contributed by atoms with Crippen LogP contribution in [0.2, 0.25) is 0 Å². The van der Waals surface area contributed by atoms with Crippen LogP contribution >= 0.6 is 24.0 Å². The fraction of sp³-hybridized carbons (Fsp3) is 0.478. The highest BCUT2D eigenvalue weighted by molar-refractivity contribution is 14.0. The molecule has 8 heteroatoms. The Morgan fingerprint density at radius 3 is 2.61 bits per heavy atom. The van der Waals surface area contributed by atoms with Crippen molar-refractivity contribution >= 4 is 29.9 Å². The Morgan fingerprint density at radius 1 is 1.16 bits per heavy atom. The molecule has 0 aliphatic carbocycles. The van der Waals surface area contributed by atoms with Crippen molar-refractivity contribution in [3.63, 3.8) is 0 Å². The molecule has 0 spiro atoms. The summed E-state index contributed by atoms with van der Waals surface area (Å²) >= 11 is 0. The van der Waals surface area contributed by atoms with Crippen molar-refractivity contribution in [2.75, 3.05) is 47.1 Å². The minimum Gasteiger partial charge on any atom is -0.497 e. The Hall–Kier alpha value is -2.07. The van der Waals surface area contributed by atoms with Gasteiger partial charge in [-0.25, -0.2) is 9.98 Å². The van der Waals surface area contributed by atoms with Gasteiger partial charge in [-0.05, 0) is 36.6 Å². The van der Waals surface area contributed by atoms with E-state index < -0.39 is 0 Å². The summed E-state index contributed by atoms with van der Waals surface area (Å²) in [6.07, 6.45) is 2.94. The average Bonchev–Trinajstić information content (AvgIpc) is 3.28. The second-order valence-electron chi connectivity index (χ2n) is 7.22. The second-order valence-corrected chi connectivity index (χ2v) is 7.22. The van der Waals surface area contributed by atoms with Crippen LogP contribution in [-0.4, -0.2) is 62.9 Å². The molecule has 0 radical (unpaired) electrons. The highest BCUT2D eigenvalue weighted by atomic mass is 127. The predicted octanol–water partition coefficient (Wildman–Crippen LogP) is 3.69. The van der Waals surface area contributed by atoms with Crippen molar-refractivity contribution in [1.82, 2.24) is 15.2 Å². The highest BCUT2D eigenvalue weighted by Crippen LogP contribution is 2.28. The topological polar surface area (TPSA) is 68.2 Å². The lowest BCUT2D eigenvalue weighted by Gasteiger charge is -2.22. The first-order valence-corrected chi connectivity index (χ1v) is 10.5. The van der Waals surface area contributed by atoms with E-state index in [9.17, 15) is 0 Å². The first kappa shape index (κ1) is 25.2. The summed E-state index contributed by atoms with van der Waals surface area (Å²) in [4.78, 5) is 11.5. The van der Waals surface area contributed by atoms with Gasteiger partial charge in [-0.3, -0.25) is 0 Å². The van der Waals surface area contributed by atoms with Gasteiger partial charge >= 0.3 is 0 Å². The second kappa shape index (κ2) is 13.4. The van der Waals surface area contributed by atoms with E-state index in [2.05, 4.69) is 34.3 Å². The molecule has 7 nitrogen and oxygen atoms in total. The third kappa shape index (κ3) is 7.53. The monoisotopic (exact) mass is 540 g/mol. The van der Waals surface area contributed by atoms with Crippen molar-refractivity contribution in [3.8, 4) is 11.6 Å². The molecular formula is C23H33IN4O3. The summed E-state index contributed by atoms with van der Waals surface area (Å²) in [6.45, 7) is 6.52. The molecule has 0 saturated carbocycles. The highest BCUT2D eigenvalue weighted by Gasteiger charge is 2.26. The van der Waals surface area contributed by atoms with Gasteiger partial charge in [0.25, 0.3) is 0 Å². The summed E-state index contributed by atoms with van der Waals surface area (Å²) in [5.41, 5.74) is 2.40. The van der Waals surface area contributed by atoms with Gasteiger partial charge in [-0.1, -0.05) is 18.2 Å². The van der Waals surface area contributed by atoms with Crippen molar-refractivity contribution < 1.29 is 14.2 Å². The number of hydrogen-bond donors (Lipinski definition) is 1. The molecule has 31 heavy (non-hydrogen) atoms. The number of aromatic nitrogens is 1. The van der Waals surface area contributed by atoms with Crippen LogP contribution in [0.4, 0.5) is 0 Å². The number of halogens is 1. The Kier molecular flexibility index (Phi) is 10.9. The Balaban J connectivity index is 0.00000341. The number of aliphatic imine (C=N–C) groups is 1. The lowest BCUT2D eigenvalue weighted by molar-refractivity contribution is 0.143. The van der Waals surface area contributed by atoms with Crippen LogP contribution in [0, 0.1) is 0 Å². The average molecular weight is 540 g/mol. The van der Waals surface area contributed by atoms with E-state index in [1.165, 1.54) is 5.56 Å². The molecule has 1 aliphatic heterocycles. The number of nitrogens with zero attached hydrogens (tertiary/aromatic N) is 3. The largest absolute Gasteiger partial charge is 0.497 e. The number of likely N-dealkylation sites (tertiary alicyclic amines) is 1. The minimum atomic E-state index is 0. The maximum atomic E-state index is 5.51. The summed E-state index contributed by atoms with van der Waals surface area (Å²) in [5, 5.41) is 3.43. The molecule has 2 heterocycles. The molecule has 1 unspecified atom stereocenters. The lowest BCUT2D eigenvalue weighted by atomic mass is 9.98. The zero-order valence-electron chi connectivity index (χ0n) is 18.5. The van der Waals surface area contributed by atoms with E-state index in [-0.39, 0.29) is 24.0 Å². The van der Waals surface area contributed by atoms with E-state index in [4.69, 9.17) is 19.2 Å². The number of nitrogens with one attached hydrogen (secondary N) is 1. The van der Waals surface area contributed by atoms with E-state index >= 15 is 0 Å². The predicted molar refractivity (Wildman–Crippen MR) is 134 cm³/mol. The molecule has 1 aliphatic rings. The standard InChI is InChI=1S/C23H32N4O3.HI/c1-4-24-23(26-16-18-5-10-22(25-15-18)30-14-13-28-2)27-12-11-20(17-27)19-6-8-21(29-3)9-7-19;/h5-10,15,20H,4,11-14,16-17H2,1-3H3,(H,24,26);1H. The van der Waals surface area contributed by atoms with Crippen LogP contribution in [0.5, 0.6) is 11.6 Å². The molecule has 1 saturated heterocycles. The molecule has 0 bridgehead atoms. The number of hydrogen-bond acceptors (Lipinski definition) is 5. The Morgan fingerprint density at radius 2 is 1.97 bits per heavy atom. The smallest absolute Gasteiger partial charge is 0.213 e. The molecule has 1 N–H and O–H groups in total. The third-order valence-electron chi connectivity index (χ3n) is 5.16. The molecule has 1 aromatic carbocycles. The van der Waals surface area contributed by atoms with Crippen molar-refractivity contribution in [3.05, 3.63) is 53.7 Å². The molecule has 2 aromatic rings. The van der Waals surface area contributed by atoms with Gasteiger partial charge in [0.15, 0.2) is 5.96 Å². The van der Waals surface area contributed by atoms with E-state index in [1.807, 2.05) is 30.5 Å². The van der Waals surface area contributed by atoms with Crippen molar-refractivity contribution in [2.24, 2.45) is 4.99 Å². The molecule has 1 atom stereocenters. The summed E-state index contributed by atoms with van der Waals surface area (Å²) < 4.78 is 15.8. The van der Waals surface area contributed by atoms with Crippen LogP contribution in [0.15, 0.2) is 47.6 Å². The van der Waals surface area contributed by atoms with Crippen molar-refractivity contribution in [1.29, 1.82) is 0 Å². The van der Waals surface area contributed by atoms with Crippen LogP contribution < -0.4 is 14.8 Å². The summed E-state index contributed by atoms with van der Waals surface area (Å²) in [6, 6.07) is 12.3. The number of rotatable bonds is 9. The Bertz CT molecular complexity index is 799. The molecule has 3 rings (SSSR count). The number of ether oxygens (including phenoxy) is 3. The van der Waals surface area contributed by atoms with Gasteiger partial charge < -0.3 is 24.4 Å². The fourth-order valence-electron chi connectivity index (χ4n) is 3.51. The van der Waals surface area contributed by atoms with Gasteiger partial charge in [-0.15, -0.1) is 24.0 Å². The van der Waals surface area contributed by atoms with Crippen LogP contribution in [-0.2, 0) is 11.3 Å². The van der Waals surface area contributed by atoms with Crippen LogP contribution in [0.25, 0.3) is 0 Å². The van der Waals surface area contributed by atoms with E-state index in [0.29, 0.717) is 31.6 Å². The molecular weight excluding hydrogens is 507 g/mol. The van der Waals surface area contributed by atoms with Gasteiger partial charge in [-0.2, -0.15) is 0 Å². The first-order valence-electron chi connectivity index (χ1n) is 10.5. The van der Waals surface area contributed by atoms with E-state index in [1.54, 1.807) is 14.2 Å². The first-order chi connectivity index (χ1) is 14.7. The molecule has 170 valence electrons. The quantitative estimate of drug-likeness (QED) is 0.227. The maximum absolute atomic E-state index is 5.51. The molecule has 1 aromatic heterocycles. The zero-order valence-corrected chi connectivity index (χ0v) is 20.9. The van der Waals surface area contributed by atoms with Gasteiger partial charge in [0.1, 0.15) is 12.4 Å². The third-order valence-corrected chi connectivity index (χ3v) is 5.16. The fourth-order valence-corrected chi connectivity index (χ4v) is 3.51. The summed E-state index contributed by atoms with van der Waals surface area (Å²) in [7, 11) is 3.35. The van der Waals surface area contributed by atoms with E-state index in [0.717, 1.165) is 43.3 Å². The number of benzene rings is 1. The lowest BCUT2D eigenvalue weighted by Crippen LogP contribution is -2.40. The number of pyridine rings is 1. The minimum absolute atomic E-state index is 0. The Labute approximate surface area is 202 Å². The normalized spacial score (nSPS) is 16.0. The molecule has 0 amide bonds. The number of guanidine groups is 1. The SMILES string of the molecule is CCNC(=NCc1ccc(OCCOC)nc1)N1CCC(c2ccc(OC)cc2)C1.I. The van der Waals surface area contributed by atoms with Crippen molar-refractivity contribution in [2.45, 2.75) is 25.8 Å². The maximum Gasteiger partial charge on any atom is 0.213 e. The number of methoxy groups -OCH3 is 2. The van der Waals surface area contributed by atoms with Gasteiger partial charge in [0.2, 0.25) is 5.88 Å². The van der Waals surface area contributed by atoms with Gasteiger partial charge in [0, 0.05) is 44.9 Å². The zero-order chi connectivity index (χ0) is 21.2. The van der Waals surface area contributed by atoms with Crippen LogP contribution in [0.3, 0.4) is 0 Å². The van der Waals surface area contributed by atoms with Crippen LogP contribution in [0.1, 0.15) is 30.4 Å². The summed E-state index contributed by atoms with van der Waals surface area (Å²) in [5.74, 6) is 2.96. The van der Waals surface area contributed by atoms with Gasteiger partial charge in [0.05, 0.1) is 20.3 Å². The molecule has 1 fully saturated rings.